The van der Waals surface area contributed by atoms with E-state index >= 15 is 0 Å². The first-order chi connectivity index (χ1) is 21.5. The molecule has 1 aromatic carbocycles. The van der Waals surface area contributed by atoms with Crippen molar-refractivity contribution in [1.82, 2.24) is 5.32 Å². The van der Waals surface area contributed by atoms with Gasteiger partial charge >= 0.3 is 5.97 Å². The van der Waals surface area contributed by atoms with Crippen molar-refractivity contribution in [1.29, 1.82) is 0 Å². The van der Waals surface area contributed by atoms with Crippen molar-refractivity contribution in [3.8, 4) is 0 Å². The number of carboxylic acid groups (broad SMARTS) is 1. The standard InChI is InChI=1S/C14H26N2O3.C12H14OS.C11H24/c15-9-5-1-2-6-10-16-13(17)11-7-3-4-8-12(11)14(18)19;13-8-9-14-12-7-3-5-10-4-1-2-6-11(10)12;1-3-5-7-9-11-10-8-6-4-2/h11-12H,1-10,15H2,(H,16,17)(H,18,19);3,5,7-8H,1-2,4,6,9H2;3-11H2,1-2H3. The average Bonchev–Trinajstić information content (AvgIpc) is 3.05. The molecule has 3 rings (SSSR count). The summed E-state index contributed by atoms with van der Waals surface area (Å²) in [6, 6.07) is 6.47. The second-order valence-corrected chi connectivity index (χ2v) is 13.4. The molecule has 0 bridgehead atoms. The second kappa shape index (κ2) is 27.5. The van der Waals surface area contributed by atoms with Gasteiger partial charge in [0.25, 0.3) is 0 Å². The van der Waals surface area contributed by atoms with Crippen LogP contribution in [0.15, 0.2) is 23.1 Å². The lowest BCUT2D eigenvalue weighted by molar-refractivity contribution is -0.148. The molecule has 44 heavy (non-hydrogen) atoms. The molecule has 1 saturated carbocycles. The minimum absolute atomic E-state index is 0.0778. The fraction of sp³-hybridized carbons (Fsp3) is 0.757. The first-order valence-electron chi connectivity index (χ1n) is 17.9. The Morgan fingerprint density at radius 1 is 0.841 bits per heavy atom. The highest BCUT2D eigenvalue weighted by molar-refractivity contribution is 8.00. The smallest absolute Gasteiger partial charge is 0.307 e. The van der Waals surface area contributed by atoms with Crippen LogP contribution in [0.4, 0.5) is 0 Å². The van der Waals surface area contributed by atoms with Crippen molar-refractivity contribution in [2.24, 2.45) is 17.6 Å². The van der Waals surface area contributed by atoms with Gasteiger partial charge in [0, 0.05) is 11.4 Å². The molecular weight excluding hydrogens is 568 g/mol. The zero-order chi connectivity index (χ0) is 32.3. The van der Waals surface area contributed by atoms with Crippen LogP contribution in [0.3, 0.4) is 0 Å². The molecular formula is C37H64N2O4S. The van der Waals surface area contributed by atoms with Crippen LogP contribution in [0.5, 0.6) is 0 Å². The fourth-order valence-electron chi connectivity index (χ4n) is 6.10. The molecule has 252 valence electrons. The molecule has 2 aliphatic carbocycles. The van der Waals surface area contributed by atoms with Gasteiger partial charge in [-0.3, -0.25) is 9.59 Å². The minimum Gasteiger partial charge on any atom is -0.481 e. The SMILES string of the molecule is CCCCCCCCCCC.NCCCCCCNC(=O)C1CCCCC1C(=O)O.O=CCSc1cccc2c1CCCC2. The number of carbonyl (C=O) groups is 3. The monoisotopic (exact) mass is 632 g/mol. The van der Waals surface area contributed by atoms with Gasteiger partial charge in [0.1, 0.15) is 6.29 Å². The number of rotatable bonds is 19. The molecule has 2 unspecified atom stereocenters. The van der Waals surface area contributed by atoms with Crippen molar-refractivity contribution in [3.63, 3.8) is 0 Å². The number of nitrogens with two attached hydrogens (primary N) is 1. The summed E-state index contributed by atoms with van der Waals surface area (Å²) in [6.07, 6.45) is 26.3. The highest BCUT2D eigenvalue weighted by Crippen LogP contribution is 2.31. The van der Waals surface area contributed by atoms with E-state index in [9.17, 15) is 14.4 Å². The Hall–Kier alpha value is -1.86. The predicted octanol–water partition coefficient (Wildman–Crippen LogP) is 8.91. The third-order valence-electron chi connectivity index (χ3n) is 8.72. The van der Waals surface area contributed by atoms with Crippen molar-refractivity contribution < 1.29 is 19.5 Å². The molecule has 0 aromatic heterocycles. The van der Waals surface area contributed by atoms with E-state index in [2.05, 4.69) is 37.4 Å². The number of aryl methyl sites for hydroxylation is 1. The zero-order valence-corrected chi connectivity index (χ0v) is 28.9. The number of hydrogen-bond donors (Lipinski definition) is 3. The van der Waals surface area contributed by atoms with Gasteiger partial charge in [-0.1, -0.05) is 109 Å². The normalized spacial score (nSPS) is 17.2. The van der Waals surface area contributed by atoms with Crippen molar-refractivity contribution >= 4 is 29.9 Å². The molecule has 0 saturated heterocycles. The van der Waals surface area contributed by atoms with E-state index < -0.39 is 11.9 Å². The van der Waals surface area contributed by atoms with Gasteiger partial charge in [0.15, 0.2) is 0 Å². The van der Waals surface area contributed by atoms with Crippen molar-refractivity contribution in [2.45, 2.75) is 154 Å². The average molecular weight is 633 g/mol. The Bertz CT molecular complexity index is 886. The van der Waals surface area contributed by atoms with Crippen molar-refractivity contribution in [3.05, 3.63) is 29.3 Å². The Morgan fingerprint density at radius 2 is 1.43 bits per heavy atom. The molecule has 0 heterocycles. The lowest BCUT2D eigenvalue weighted by Crippen LogP contribution is -2.40. The van der Waals surface area contributed by atoms with E-state index in [1.165, 1.54) is 99.5 Å². The number of hydrogen-bond acceptors (Lipinski definition) is 5. The number of fused-ring (bicyclic) bond motifs is 1. The molecule has 0 aliphatic heterocycles. The van der Waals surface area contributed by atoms with Crippen LogP contribution in [-0.4, -0.2) is 42.1 Å². The number of carboxylic acids is 1. The number of thioether (sulfide) groups is 1. The highest BCUT2D eigenvalue weighted by atomic mass is 32.2. The van der Waals surface area contributed by atoms with E-state index in [0.717, 1.165) is 44.8 Å². The molecule has 0 radical (unpaired) electrons. The van der Waals surface area contributed by atoms with Gasteiger partial charge in [-0.15, -0.1) is 11.8 Å². The lowest BCUT2D eigenvalue weighted by atomic mass is 9.78. The number of amides is 1. The number of aliphatic carboxylic acids is 1. The first kappa shape index (κ1) is 40.2. The molecule has 6 nitrogen and oxygen atoms in total. The quantitative estimate of drug-likeness (QED) is 0.0798. The molecule has 7 heteroatoms. The van der Waals surface area contributed by atoms with E-state index in [-0.39, 0.29) is 11.8 Å². The van der Waals surface area contributed by atoms with Gasteiger partial charge < -0.3 is 21.0 Å². The van der Waals surface area contributed by atoms with Crippen molar-refractivity contribution in [2.75, 3.05) is 18.8 Å². The van der Waals surface area contributed by atoms with Crippen LogP contribution in [-0.2, 0) is 27.2 Å². The number of benzene rings is 1. The molecule has 0 spiro atoms. The van der Waals surface area contributed by atoms with E-state index in [4.69, 9.17) is 10.8 Å². The summed E-state index contributed by atoms with van der Waals surface area (Å²) >= 11 is 1.67. The van der Waals surface area contributed by atoms with Gasteiger partial charge in [-0.25, -0.2) is 0 Å². The van der Waals surface area contributed by atoms with Gasteiger partial charge in [0.2, 0.25) is 5.91 Å². The fourth-order valence-corrected chi connectivity index (χ4v) is 6.92. The molecule has 1 fully saturated rings. The Kier molecular flexibility index (Phi) is 25.1. The Labute approximate surface area is 273 Å². The zero-order valence-electron chi connectivity index (χ0n) is 28.1. The van der Waals surface area contributed by atoms with Crippen LogP contribution in [0, 0.1) is 11.8 Å². The van der Waals surface area contributed by atoms with Gasteiger partial charge in [0.05, 0.1) is 17.6 Å². The summed E-state index contributed by atoms with van der Waals surface area (Å²) in [5.74, 6) is -1.16. The number of unbranched alkanes of at least 4 members (excludes halogenated alkanes) is 11. The van der Waals surface area contributed by atoms with E-state index in [1.54, 1.807) is 11.8 Å². The first-order valence-corrected chi connectivity index (χ1v) is 18.9. The van der Waals surface area contributed by atoms with Gasteiger partial charge in [-0.2, -0.15) is 0 Å². The van der Waals surface area contributed by atoms with Crippen LogP contribution in [0.1, 0.15) is 147 Å². The molecule has 1 amide bonds. The minimum atomic E-state index is -0.831. The summed E-state index contributed by atoms with van der Waals surface area (Å²) in [7, 11) is 0. The largest absolute Gasteiger partial charge is 0.481 e. The summed E-state index contributed by atoms with van der Waals surface area (Å²) in [5, 5.41) is 12.0. The maximum atomic E-state index is 12.0. The number of carbonyl (C=O) groups excluding carboxylic acids is 2. The topological polar surface area (TPSA) is 109 Å². The van der Waals surface area contributed by atoms with E-state index in [1.807, 2.05) is 0 Å². The third kappa shape index (κ3) is 18.2. The van der Waals surface area contributed by atoms with Crippen LogP contribution in [0.2, 0.25) is 0 Å². The van der Waals surface area contributed by atoms with E-state index in [0.29, 0.717) is 31.7 Å². The number of nitrogens with one attached hydrogen (secondary N) is 1. The Balaban J connectivity index is 0.000000344. The Morgan fingerprint density at radius 3 is 2.05 bits per heavy atom. The molecule has 2 atom stereocenters. The molecule has 4 N–H and O–H groups in total. The van der Waals surface area contributed by atoms with Crippen LogP contribution in [0.25, 0.3) is 0 Å². The summed E-state index contributed by atoms with van der Waals surface area (Å²) in [5.41, 5.74) is 8.39. The number of aldehydes is 1. The third-order valence-corrected chi connectivity index (χ3v) is 9.71. The second-order valence-electron chi connectivity index (χ2n) is 12.4. The predicted molar refractivity (Wildman–Crippen MR) is 186 cm³/mol. The van der Waals surface area contributed by atoms with Crippen LogP contribution < -0.4 is 11.1 Å². The maximum Gasteiger partial charge on any atom is 0.307 e. The highest BCUT2D eigenvalue weighted by Gasteiger charge is 2.35. The molecule has 2 aliphatic rings. The summed E-state index contributed by atoms with van der Waals surface area (Å²) in [4.78, 5) is 34.8. The summed E-state index contributed by atoms with van der Waals surface area (Å²) < 4.78 is 0. The lowest BCUT2D eigenvalue weighted by Gasteiger charge is -2.27. The van der Waals surface area contributed by atoms with Gasteiger partial charge in [-0.05, 0) is 75.1 Å². The molecule has 1 aromatic rings. The maximum absolute atomic E-state index is 12.0. The van der Waals surface area contributed by atoms with Crippen LogP contribution >= 0.6 is 11.8 Å². The summed E-state index contributed by atoms with van der Waals surface area (Å²) in [6.45, 7) is 5.91.